The SMILES string of the molecule is Cc1ccc(Cl)cc1N1CCN(C(=O)CC2CSCCN2)CC1.Cl.Cl. The molecule has 3 rings (SSSR count). The first-order valence-electron chi connectivity index (χ1n) is 8.23. The van der Waals surface area contributed by atoms with Crippen molar-refractivity contribution in [3.8, 4) is 0 Å². The predicted octanol–water partition coefficient (Wildman–Crippen LogP) is 3.24. The Kier molecular flexibility index (Phi) is 9.75. The number of halogens is 3. The standard InChI is InChI=1S/C17H24ClN3OS.2ClH/c1-13-2-3-14(18)10-16(13)20-5-7-21(8-6-20)17(22)11-15-12-23-9-4-19-15;;/h2-3,10,15,19H,4-9,11-12H2,1H3;2*1H. The molecule has 1 aromatic rings. The molecule has 0 aliphatic carbocycles. The summed E-state index contributed by atoms with van der Waals surface area (Å²) in [4.78, 5) is 16.8. The molecule has 0 aromatic heterocycles. The smallest absolute Gasteiger partial charge is 0.224 e. The largest absolute Gasteiger partial charge is 0.368 e. The van der Waals surface area contributed by atoms with Crippen LogP contribution in [-0.4, -0.2) is 61.1 Å². The average molecular weight is 427 g/mol. The third kappa shape index (κ3) is 6.10. The summed E-state index contributed by atoms with van der Waals surface area (Å²) in [5.41, 5.74) is 2.42. The molecule has 142 valence electrons. The molecular formula is C17H26Cl3N3OS. The van der Waals surface area contributed by atoms with Crippen LogP contribution >= 0.6 is 48.2 Å². The van der Waals surface area contributed by atoms with Gasteiger partial charge in [-0.2, -0.15) is 11.8 Å². The second kappa shape index (κ2) is 10.7. The minimum Gasteiger partial charge on any atom is -0.368 e. The zero-order valence-electron chi connectivity index (χ0n) is 14.4. The second-order valence-corrected chi connectivity index (χ2v) is 7.81. The van der Waals surface area contributed by atoms with Gasteiger partial charge in [0.05, 0.1) is 0 Å². The summed E-state index contributed by atoms with van der Waals surface area (Å²) >= 11 is 8.06. The van der Waals surface area contributed by atoms with Crippen molar-refractivity contribution in [2.24, 2.45) is 0 Å². The van der Waals surface area contributed by atoms with Crippen molar-refractivity contribution in [3.05, 3.63) is 28.8 Å². The lowest BCUT2D eigenvalue weighted by Crippen LogP contribution is -2.51. The van der Waals surface area contributed by atoms with Gasteiger partial charge in [-0.05, 0) is 24.6 Å². The molecule has 2 heterocycles. The van der Waals surface area contributed by atoms with E-state index in [0.29, 0.717) is 12.5 Å². The Labute approximate surface area is 171 Å². The Morgan fingerprint density at radius 2 is 2.00 bits per heavy atom. The van der Waals surface area contributed by atoms with Crippen LogP contribution in [0, 0.1) is 6.92 Å². The minimum absolute atomic E-state index is 0. The average Bonchev–Trinajstić information content (AvgIpc) is 2.58. The van der Waals surface area contributed by atoms with Gasteiger partial charge in [-0.3, -0.25) is 4.79 Å². The molecule has 0 radical (unpaired) electrons. The lowest BCUT2D eigenvalue weighted by atomic mass is 10.1. The fraction of sp³-hybridized carbons (Fsp3) is 0.588. The fourth-order valence-corrected chi connectivity index (χ4v) is 4.33. The first kappa shape index (κ1) is 22.7. The summed E-state index contributed by atoms with van der Waals surface area (Å²) < 4.78 is 0. The molecular weight excluding hydrogens is 401 g/mol. The summed E-state index contributed by atoms with van der Waals surface area (Å²) in [6, 6.07) is 6.35. The van der Waals surface area contributed by atoms with Crippen molar-refractivity contribution < 1.29 is 4.79 Å². The van der Waals surface area contributed by atoms with Crippen LogP contribution < -0.4 is 10.2 Å². The zero-order valence-corrected chi connectivity index (χ0v) is 17.6. The molecule has 2 aliphatic heterocycles. The Morgan fingerprint density at radius 1 is 1.28 bits per heavy atom. The quantitative estimate of drug-likeness (QED) is 0.805. The Hall–Kier alpha value is -0.330. The molecule has 0 saturated carbocycles. The number of hydrogen-bond acceptors (Lipinski definition) is 4. The number of nitrogens with zero attached hydrogens (tertiary/aromatic N) is 2. The molecule has 1 amide bonds. The van der Waals surface area contributed by atoms with E-state index in [4.69, 9.17) is 11.6 Å². The molecule has 1 atom stereocenters. The third-order valence-electron chi connectivity index (χ3n) is 4.56. The van der Waals surface area contributed by atoms with Crippen molar-refractivity contribution in [2.75, 3.05) is 49.1 Å². The summed E-state index contributed by atoms with van der Waals surface area (Å²) in [5.74, 6) is 2.49. The Bertz CT molecular complexity index is 562. The van der Waals surface area contributed by atoms with Crippen molar-refractivity contribution in [1.82, 2.24) is 10.2 Å². The molecule has 25 heavy (non-hydrogen) atoms. The fourth-order valence-electron chi connectivity index (χ4n) is 3.21. The van der Waals surface area contributed by atoms with Crippen molar-refractivity contribution >= 4 is 59.8 Å². The van der Waals surface area contributed by atoms with Crippen LogP contribution in [-0.2, 0) is 4.79 Å². The predicted molar refractivity (Wildman–Crippen MR) is 113 cm³/mol. The maximum absolute atomic E-state index is 12.5. The van der Waals surface area contributed by atoms with Crippen molar-refractivity contribution in [1.29, 1.82) is 0 Å². The van der Waals surface area contributed by atoms with E-state index in [9.17, 15) is 4.79 Å². The van der Waals surface area contributed by atoms with Gasteiger partial charge in [-0.1, -0.05) is 17.7 Å². The lowest BCUT2D eigenvalue weighted by Gasteiger charge is -2.37. The lowest BCUT2D eigenvalue weighted by molar-refractivity contribution is -0.131. The highest BCUT2D eigenvalue weighted by atomic mass is 35.5. The van der Waals surface area contributed by atoms with Crippen molar-refractivity contribution in [3.63, 3.8) is 0 Å². The van der Waals surface area contributed by atoms with E-state index in [1.807, 2.05) is 28.8 Å². The normalized spacial score (nSPS) is 20.5. The number of thioether (sulfide) groups is 1. The summed E-state index contributed by atoms with van der Waals surface area (Å²) in [6.45, 7) is 6.47. The van der Waals surface area contributed by atoms with Crippen LogP contribution in [0.2, 0.25) is 5.02 Å². The molecule has 4 nitrogen and oxygen atoms in total. The van der Waals surface area contributed by atoms with E-state index in [2.05, 4.69) is 23.2 Å². The van der Waals surface area contributed by atoms with E-state index >= 15 is 0 Å². The number of carbonyl (C=O) groups is 1. The van der Waals surface area contributed by atoms with Crippen molar-refractivity contribution in [2.45, 2.75) is 19.4 Å². The number of anilines is 1. The second-order valence-electron chi connectivity index (χ2n) is 6.23. The topological polar surface area (TPSA) is 35.6 Å². The van der Waals surface area contributed by atoms with Gasteiger partial charge in [0.1, 0.15) is 0 Å². The molecule has 2 saturated heterocycles. The van der Waals surface area contributed by atoms with Gasteiger partial charge in [-0.15, -0.1) is 24.8 Å². The van der Waals surface area contributed by atoms with E-state index in [-0.39, 0.29) is 30.7 Å². The highest BCUT2D eigenvalue weighted by Crippen LogP contribution is 2.25. The van der Waals surface area contributed by atoms with E-state index in [1.165, 1.54) is 11.3 Å². The van der Waals surface area contributed by atoms with Gasteiger partial charge in [0.2, 0.25) is 5.91 Å². The highest BCUT2D eigenvalue weighted by Gasteiger charge is 2.25. The molecule has 2 fully saturated rings. The number of carbonyl (C=O) groups excluding carboxylic acids is 1. The summed E-state index contributed by atoms with van der Waals surface area (Å²) in [5, 5.41) is 4.21. The molecule has 1 aromatic carbocycles. The number of aryl methyl sites for hydroxylation is 1. The van der Waals surface area contributed by atoms with Crippen LogP contribution in [0.25, 0.3) is 0 Å². The van der Waals surface area contributed by atoms with Gasteiger partial charge < -0.3 is 15.1 Å². The van der Waals surface area contributed by atoms with E-state index < -0.39 is 0 Å². The minimum atomic E-state index is 0. The van der Waals surface area contributed by atoms with Gasteiger partial charge in [-0.25, -0.2) is 0 Å². The molecule has 1 N–H and O–H groups in total. The molecule has 0 bridgehead atoms. The number of nitrogens with one attached hydrogen (secondary N) is 1. The first-order chi connectivity index (χ1) is 11.1. The third-order valence-corrected chi connectivity index (χ3v) is 5.93. The molecule has 1 unspecified atom stereocenters. The molecule has 8 heteroatoms. The number of piperazine rings is 1. The highest BCUT2D eigenvalue weighted by molar-refractivity contribution is 7.99. The van der Waals surface area contributed by atoms with E-state index in [1.54, 1.807) is 0 Å². The van der Waals surface area contributed by atoms with Crippen LogP contribution in [0.15, 0.2) is 18.2 Å². The van der Waals surface area contributed by atoms with Crippen LogP contribution in [0.4, 0.5) is 5.69 Å². The maximum Gasteiger partial charge on any atom is 0.224 e. The van der Waals surface area contributed by atoms with E-state index in [0.717, 1.165) is 49.3 Å². The Morgan fingerprint density at radius 3 is 2.64 bits per heavy atom. The summed E-state index contributed by atoms with van der Waals surface area (Å²) in [6.07, 6.45) is 0.628. The van der Waals surface area contributed by atoms with Gasteiger partial charge in [0.15, 0.2) is 0 Å². The molecule has 0 spiro atoms. The first-order valence-corrected chi connectivity index (χ1v) is 9.77. The van der Waals surface area contributed by atoms with Gasteiger partial charge in [0.25, 0.3) is 0 Å². The number of benzene rings is 1. The Balaban J connectivity index is 0.00000156. The van der Waals surface area contributed by atoms with Crippen LogP contribution in [0.5, 0.6) is 0 Å². The van der Waals surface area contributed by atoms with Crippen LogP contribution in [0.1, 0.15) is 12.0 Å². The number of rotatable bonds is 3. The van der Waals surface area contributed by atoms with Gasteiger partial charge in [0, 0.05) is 67.4 Å². The zero-order chi connectivity index (χ0) is 16.2. The molecule has 2 aliphatic rings. The number of amides is 1. The van der Waals surface area contributed by atoms with Crippen LogP contribution in [0.3, 0.4) is 0 Å². The number of hydrogen-bond donors (Lipinski definition) is 1. The monoisotopic (exact) mass is 425 g/mol. The van der Waals surface area contributed by atoms with Gasteiger partial charge >= 0.3 is 0 Å². The maximum atomic E-state index is 12.5. The summed E-state index contributed by atoms with van der Waals surface area (Å²) in [7, 11) is 0.